The molecular weight excluding hydrogens is 213 g/mol. The molecule has 80 valence electrons. The highest BCUT2D eigenvalue weighted by atomic mass is 31.0. The van der Waals surface area contributed by atoms with Gasteiger partial charge < -0.3 is 0 Å². The van der Waals surface area contributed by atoms with Crippen LogP contribution >= 0.6 is 27.7 Å². The molecule has 0 rings (SSSR count). The van der Waals surface area contributed by atoms with Gasteiger partial charge in [-0.15, -0.1) is 27.7 Å². The van der Waals surface area contributed by atoms with Gasteiger partial charge in [-0.05, 0) is 21.4 Å². The molecule has 3 heteroatoms. The van der Waals surface area contributed by atoms with Crippen LogP contribution in [-0.4, -0.2) is 15.5 Å². The predicted octanol–water partition coefficient (Wildman–Crippen LogP) is 3.56. The zero-order valence-electron chi connectivity index (χ0n) is 9.81. The topological polar surface area (TPSA) is 0 Å². The van der Waals surface area contributed by atoms with Gasteiger partial charge in [0.25, 0.3) is 0 Å². The summed E-state index contributed by atoms with van der Waals surface area (Å²) in [5, 5.41) is 0.781. The van der Waals surface area contributed by atoms with Gasteiger partial charge in [0, 0.05) is 0 Å². The quantitative estimate of drug-likeness (QED) is 0.659. The van der Waals surface area contributed by atoms with Crippen molar-refractivity contribution in [2.45, 2.75) is 57.0 Å². The fraction of sp³-hybridized carbons (Fsp3) is 1.00. The molecule has 13 heavy (non-hydrogen) atoms. The molecule has 3 atom stereocenters. The summed E-state index contributed by atoms with van der Waals surface area (Å²) in [5.74, 6) is 0.618. The predicted molar refractivity (Wildman–Crippen MR) is 74.9 cm³/mol. The molecule has 0 amide bonds. The summed E-state index contributed by atoms with van der Waals surface area (Å²) in [7, 11) is 8.93. The van der Waals surface area contributed by atoms with Crippen LogP contribution in [0.5, 0.6) is 0 Å². The molecule has 0 heterocycles. The first-order chi connectivity index (χ1) is 5.37. The molecule has 0 N–H and O–H groups in total. The molecule has 0 aliphatic heterocycles. The van der Waals surface area contributed by atoms with Gasteiger partial charge in [-0.3, -0.25) is 0 Å². The van der Waals surface area contributed by atoms with Crippen molar-refractivity contribution in [3.63, 3.8) is 0 Å². The van der Waals surface area contributed by atoms with Crippen molar-refractivity contribution < 1.29 is 0 Å². The van der Waals surface area contributed by atoms with Crippen LogP contribution in [-0.2, 0) is 0 Å². The Bertz CT molecular complexity index is 133. The molecule has 0 aliphatic rings. The summed E-state index contributed by atoms with van der Waals surface area (Å²) in [4.78, 5) is 0. The number of hydrogen-bond acceptors (Lipinski definition) is 0. The summed E-state index contributed by atoms with van der Waals surface area (Å²) >= 11 is 0. The lowest BCUT2D eigenvalue weighted by atomic mass is 9.75. The highest BCUT2D eigenvalue weighted by molar-refractivity contribution is 7.22. The maximum absolute atomic E-state index is 2.98. The zero-order chi connectivity index (χ0) is 11.1. The third-order valence-electron chi connectivity index (χ3n) is 2.23. The summed E-state index contributed by atoms with van der Waals surface area (Å²) in [5.41, 5.74) is 0. The second-order valence-electron chi connectivity index (χ2n) is 5.90. The highest BCUT2D eigenvalue weighted by Crippen LogP contribution is 2.49. The minimum atomic E-state index is 0.260. The van der Waals surface area contributed by atoms with Gasteiger partial charge in [0.05, 0.1) is 0 Å². The largest absolute Gasteiger partial charge is 0.131 e. The van der Waals surface area contributed by atoms with Crippen molar-refractivity contribution in [2.75, 3.05) is 0 Å². The van der Waals surface area contributed by atoms with Gasteiger partial charge in [-0.25, -0.2) is 0 Å². The van der Waals surface area contributed by atoms with Crippen LogP contribution in [0.1, 0.15) is 41.5 Å². The SMILES string of the molecule is CC(C)(P)C(C(C)(C)P)C(C)(C)P. The molecule has 3 unspecified atom stereocenters. The number of hydrogen-bond donors (Lipinski definition) is 0. The van der Waals surface area contributed by atoms with Crippen molar-refractivity contribution in [1.82, 2.24) is 0 Å². The Hall–Kier alpha value is 1.29. The second kappa shape index (κ2) is 4.04. The summed E-state index contributed by atoms with van der Waals surface area (Å²) < 4.78 is 0. The summed E-state index contributed by atoms with van der Waals surface area (Å²) in [6.45, 7) is 13.7. The Balaban J connectivity index is 5.02. The fourth-order valence-corrected chi connectivity index (χ4v) is 6.03. The van der Waals surface area contributed by atoms with Gasteiger partial charge in [-0.2, -0.15) is 0 Å². The minimum absolute atomic E-state index is 0.260. The first-order valence-corrected chi connectivity index (χ1v) is 6.46. The Morgan fingerprint density at radius 2 is 0.769 bits per heavy atom. The average Bonchev–Trinajstić information content (AvgIpc) is 1.44. The van der Waals surface area contributed by atoms with Crippen LogP contribution in [0.25, 0.3) is 0 Å². The zero-order valence-corrected chi connectivity index (χ0v) is 13.3. The molecule has 0 radical (unpaired) electrons. The molecule has 0 saturated heterocycles. The van der Waals surface area contributed by atoms with E-state index in [2.05, 4.69) is 69.3 Å². The standard InChI is InChI=1S/C10H25P3/c1-8(2,11)7(9(3,4)12)10(5,6)13/h7H,11-13H2,1-6H3. The van der Waals surface area contributed by atoms with Gasteiger partial charge in [0.15, 0.2) is 0 Å². The molecule has 0 aromatic heterocycles. The molecule has 0 aliphatic carbocycles. The van der Waals surface area contributed by atoms with Crippen molar-refractivity contribution in [1.29, 1.82) is 0 Å². The van der Waals surface area contributed by atoms with Crippen molar-refractivity contribution >= 4 is 27.7 Å². The van der Waals surface area contributed by atoms with E-state index in [-0.39, 0.29) is 15.5 Å². The molecular formula is C10H25P3. The average molecular weight is 238 g/mol. The first kappa shape index (κ1) is 14.3. The van der Waals surface area contributed by atoms with E-state index in [4.69, 9.17) is 0 Å². The molecule has 0 aromatic rings. The number of rotatable bonds is 3. The van der Waals surface area contributed by atoms with Crippen molar-refractivity contribution in [3.8, 4) is 0 Å². The van der Waals surface area contributed by atoms with Crippen LogP contribution in [0, 0.1) is 5.92 Å². The normalized spacial score (nSPS) is 15.2. The fourth-order valence-electron chi connectivity index (χ4n) is 2.88. The Morgan fingerprint density at radius 3 is 0.769 bits per heavy atom. The van der Waals surface area contributed by atoms with Gasteiger partial charge >= 0.3 is 0 Å². The van der Waals surface area contributed by atoms with Crippen molar-refractivity contribution in [3.05, 3.63) is 0 Å². The smallest absolute Gasteiger partial charge is 0.0156 e. The maximum atomic E-state index is 2.98. The van der Waals surface area contributed by atoms with Crippen LogP contribution in [0.4, 0.5) is 0 Å². The summed E-state index contributed by atoms with van der Waals surface area (Å²) in [6.07, 6.45) is 0. The molecule has 0 bridgehead atoms. The molecule has 0 spiro atoms. The lowest BCUT2D eigenvalue weighted by molar-refractivity contribution is 0.285. The lowest BCUT2D eigenvalue weighted by Crippen LogP contribution is -2.48. The second-order valence-corrected chi connectivity index (χ2v) is 10.4. The Labute approximate surface area is 91.0 Å². The molecule has 0 aromatic carbocycles. The van der Waals surface area contributed by atoms with Crippen molar-refractivity contribution in [2.24, 2.45) is 5.92 Å². The van der Waals surface area contributed by atoms with Crippen LogP contribution in [0.3, 0.4) is 0 Å². The van der Waals surface area contributed by atoms with E-state index in [9.17, 15) is 0 Å². The lowest BCUT2D eigenvalue weighted by Gasteiger charge is -2.48. The third-order valence-corrected chi connectivity index (χ3v) is 3.23. The van der Waals surface area contributed by atoms with E-state index in [1.165, 1.54) is 0 Å². The molecule has 0 saturated carbocycles. The van der Waals surface area contributed by atoms with E-state index < -0.39 is 0 Å². The summed E-state index contributed by atoms with van der Waals surface area (Å²) in [6, 6.07) is 0. The van der Waals surface area contributed by atoms with Gasteiger partial charge in [0.1, 0.15) is 0 Å². The third kappa shape index (κ3) is 4.55. The monoisotopic (exact) mass is 238 g/mol. The van der Waals surface area contributed by atoms with Crippen LogP contribution < -0.4 is 0 Å². The maximum Gasteiger partial charge on any atom is -0.0156 e. The van der Waals surface area contributed by atoms with Gasteiger partial charge in [-0.1, -0.05) is 41.5 Å². The van der Waals surface area contributed by atoms with Crippen LogP contribution in [0.2, 0.25) is 0 Å². The van der Waals surface area contributed by atoms with E-state index in [1.54, 1.807) is 0 Å². The first-order valence-electron chi connectivity index (χ1n) is 4.73. The Morgan fingerprint density at radius 1 is 0.615 bits per heavy atom. The van der Waals surface area contributed by atoms with Crippen LogP contribution in [0.15, 0.2) is 0 Å². The van der Waals surface area contributed by atoms with E-state index >= 15 is 0 Å². The van der Waals surface area contributed by atoms with Gasteiger partial charge in [0.2, 0.25) is 0 Å². The molecule has 0 nitrogen and oxygen atoms in total. The Kier molecular flexibility index (Phi) is 4.44. The highest BCUT2D eigenvalue weighted by Gasteiger charge is 2.42. The van der Waals surface area contributed by atoms with E-state index in [0.29, 0.717) is 5.92 Å². The van der Waals surface area contributed by atoms with E-state index in [1.807, 2.05) is 0 Å². The molecule has 0 fully saturated rings. The van der Waals surface area contributed by atoms with E-state index in [0.717, 1.165) is 0 Å². The minimum Gasteiger partial charge on any atom is -0.131 e.